The van der Waals surface area contributed by atoms with Crippen LogP contribution >= 0.6 is 0 Å². The Morgan fingerprint density at radius 3 is 3.50 bits per heavy atom. The van der Waals surface area contributed by atoms with Crippen LogP contribution in [0.15, 0.2) is 12.5 Å². The quantitative estimate of drug-likeness (QED) is 0.708. The first-order chi connectivity index (χ1) is 5.92. The van der Waals surface area contributed by atoms with Gasteiger partial charge in [-0.25, -0.2) is 4.98 Å². The van der Waals surface area contributed by atoms with E-state index >= 15 is 0 Å². The van der Waals surface area contributed by atoms with Gasteiger partial charge in [-0.05, 0) is 26.3 Å². The van der Waals surface area contributed by atoms with Crippen molar-refractivity contribution in [1.29, 1.82) is 0 Å². The number of rotatable bonds is 2. The first-order valence-corrected chi connectivity index (χ1v) is 4.57. The van der Waals surface area contributed by atoms with E-state index in [9.17, 15) is 0 Å². The largest absolute Gasteiger partial charge is 0.330 e. The van der Waals surface area contributed by atoms with E-state index in [1.807, 2.05) is 19.6 Å². The summed E-state index contributed by atoms with van der Waals surface area (Å²) in [4.78, 5) is 4.17. The summed E-state index contributed by atoms with van der Waals surface area (Å²) < 4.78 is 2.31. The normalized spacial score (nSPS) is 22.2. The fraction of sp³-hybridized carbons (Fsp3) is 0.667. The Balaban J connectivity index is 2.19. The minimum atomic E-state index is 0.626. The number of fused-ring (bicyclic) bond motifs is 1. The fourth-order valence-corrected chi connectivity index (χ4v) is 1.95. The zero-order chi connectivity index (χ0) is 8.39. The fourth-order valence-electron chi connectivity index (χ4n) is 1.95. The molecule has 0 fully saturated rings. The van der Waals surface area contributed by atoms with Gasteiger partial charge in [-0.3, -0.25) is 0 Å². The van der Waals surface area contributed by atoms with E-state index in [0.717, 1.165) is 6.54 Å². The summed E-state index contributed by atoms with van der Waals surface area (Å²) >= 11 is 0. The molecule has 1 N–H and O–H groups in total. The molecule has 12 heavy (non-hydrogen) atoms. The van der Waals surface area contributed by atoms with Gasteiger partial charge in [0, 0.05) is 24.5 Å². The summed E-state index contributed by atoms with van der Waals surface area (Å²) in [5.41, 5.74) is 1.39. The molecule has 1 atom stereocenters. The van der Waals surface area contributed by atoms with Crippen molar-refractivity contribution in [2.24, 2.45) is 0 Å². The Morgan fingerprint density at radius 1 is 1.75 bits per heavy atom. The standard InChI is InChI=1S/C9H15N3/c1-10-5-8-3-2-4-9-6-11-7-12(8)9/h6-8,10H,2-5H2,1H3. The van der Waals surface area contributed by atoms with Crippen LogP contribution in [0.2, 0.25) is 0 Å². The summed E-state index contributed by atoms with van der Waals surface area (Å²) in [5.74, 6) is 0. The van der Waals surface area contributed by atoms with Gasteiger partial charge < -0.3 is 9.88 Å². The smallest absolute Gasteiger partial charge is 0.0951 e. The maximum absolute atomic E-state index is 4.17. The second-order valence-corrected chi connectivity index (χ2v) is 3.40. The van der Waals surface area contributed by atoms with Gasteiger partial charge in [-0.2, -0.15) is 0 Å². The van der Waals surface area contributed by atoms with E-state index in [2.05, 4.69) is 14.9 Å². The highest BCUT2D eigenvalue weighted by Crippen LogP contribution is 2.23. The molecular weight excluding hydrogens is 150 g/mol. The molecule has 0 radical (unpaired) electrons. The third-order valence-corrected chi connectivity index (χ3v) is 2.55. The summed E-state index contributed by atoms with van der Waals surface area (Å²) in [6.07, 6.45) is 7.72. The lowest BCUT2D eigenvalue weighted by molar-refractivity contribution is 0.390. The van der Waals surface area contributed by atoms with E-state index in [0.29, 0.717) is 6.04 Å². The number of hydrogen-bond acceptors (Lipinski definition) is 2. The number of aryl methyl sites for hydroxylation is 1. The average Bonchev–Trinajstić information content (AvgIpc) is 2.53. The Hall–Kier alpha value is -0.830. The number of imidazole rings is 1. The Bertz CT molecular complexity index is 254. The minimum absolute atomic E-state index is 0.626. The lowest BCUT2D eigenvalue weighted by Gasteiger charge is -2.24. The van der Waals surface area contributed by atoms with E-state index < -0.39 is 0 Å². The van der Waals surface area contributed by atoms with Crippen molar-refractivity contribution in [3.05, 3.63) is 18.2 Å². The SMILES string of the molecule is CNCC1CCCc2cncn21. The van der Waals surface area contributed by atoms with Crippen molar-refractivity contribution in [1.82, 2.24) is 14.9 Å². The van der Waals surface area contributed by atoms with Crippen LogP contribution in [0.4, 0.5) is 0 Å². The summed E-state index contributed by atoms with van der Waals surface area (Å²) in [5, 5.41) is 3.22. The van der Waals surface area contributed by atoms with Gasteiger partial charge >= 0.3 is 0 Å². The van der Waals surface area contributed by atoms with Crippen LogP contribution in [0.25, 0.3) is 0 Å². The van der Waals surface area contributed by atoms with E-state index in [-0.39, 0.29) is 0 Å². The zero-order valence-electron chi connectivity index (χ0n) is 7.45. The van der Waals surface area contributed by atoms with Crippen molar-refractivity contribution in [3.8, 4) is 0 Å². The molecule has 2 rings (SSSR count). The topological polar surface area (TPSA) is 29.9 Å². The van der Waals surface area contributed by atoms with Gasteiger partial charge in [-0.15, -0.1) is 0 Å². The first-order valence-electron chi connectivity index (χ1n) is 4.57. The van der Waals surface area contributed by atoms with Crippen LogP contribution in [0, 0.1) is 0 Å². The van der Waals surface area contributed by atoms with E-state index in [1.165, 1.54) is 25.0 Å². The molecule has 1 aliphatic heterocycles. The summed E-state index contributed by atoms with van der Waals surface area (Å²) in [6, 6.07) is 0.626. The van der Waals surface area contributed by atoms with Gasteiger partial charge in [-0.1, -0.05) is 0 Å². The molecule has 1 aliphatic rings. The molecule has 1 unspecified atom stereocenters. The van der Waals surface area contributed by atoms with Crippen molar-refractivity contribution >= 4 is 0 Å². The molecule has 0 amide bonds. The van der Waals surface area contributed by atoms with Gasteiger partial charge in [0.25, 0.3) is 0 Å². The molecule has 1 aromatic rings. The molecule has 2 heterocycles. The zero-order valence-corrected chi connectivity index (χ0v) is 7.45. The molecule has 3 nitrogen and oxygen atoms in total. The van der Waals surface area contributed by atoms with Crippen LogP contribution in [0.1, 0.15) is 24.6 Å². The van der Waals surface area contributed by atoms with Crippen molar-refractivity contribution < 1.29 is 0 Å². The minimum Gasteiger partial charge on any atom is -0.330 e. The molecular formula is C9H15N3. The number of nitrogens with one attached hydrogen (secondary N) is 1. The molecule has 0 saturated heterocycles. The highest BCUT2D eigenvalue weighted by molar-refractivity contribution is 5.03. The lowest BCUT2D eigenvalue weighted by Crippen LogP contribution is -2.26. The van der Waals surface area contributed by atoms with Gasteiger partial charge in [0.1, 0.15) is 0 Å². The third-order valence-electron chi connectivity index (χ3n) is 2.55. The van der Waals surface area contributed by atoms with E-state index in [4.69, 9.17) is 0 Å². The van der Waals surface area contributed by atoms with Gasteiger partial charge in [0.15, 0.2) is 0 Å². The van der Waals surface area contributed by atoms with Crippen LogP contribution in [-0.2, 0) is 6.42 Å². The molecule has 1 aromatic heterocycles. The average molecular weight is 165 g/mol. The predicted octanol–water partition coefficient (Wildman–Crippen LogP) is 0.980. The van der Waals surface area contributed by atoms with Gasteiger partial charge in [0.2, 0.25) is 0 Å². The van der Waals surface area contributed by atoms with Crippen molar-refractivity contribution in [2.75, 3.05) is 13.6 Å². The van der Waals surface area contributed by atoms with Crippen LogP contribution in [0.5, 0.6) is 0 Å². The van der Waals surface area contributed by atoms with E-state index in [1.54, 1.807) is 0 Å². The number of nitrogens with zero attached hydrogens (tertiary/aromatic N) is 2. The highest BCUT2D eigenvalue weighted by atomic mass is 15.1. The summed E-state index contributed by atoms with van der Waals surface area (Å²) in [6.45, 7) is 1.06. The molecule has 0 spiro atoms. The predicted molar refractivity (Wildman–Crippen MR) is 48.1 cm³/mol. The Labute approximate surface area is 72.8 Å². The Kier molecular flexibility index (Phi) is 2.13. The molecule has 0 saturated carbocycles. The second-order valence-electron chi connectivity index (χ2n) is 3.40. The number of likely N-dealkylation sites (N-methyl/N-ethyl adjacent to an activating group) is 1. The molecule has 66 valence electrons. The van der Waals surface area contributed by atoms with Gasteiger partial charge in [0.05, 0.1) is 6.33 Å². The second kappa shape index (κ2) is 3.27. The van der Waals surface area contributed by atoms with Crippen molar-refractivity contribution in [2.45, 2.75) is 25.3 Å². The van der Waals surface area contributed by atoms with Crippen LogP contribution in [0.3, 0.4) is 0 Å². The monoisotopic (exact) mass is 165 g/mol. The van der Waals surface area contributed by atoms with Crippen LogP contribution < -0.4 is 5.32 Å². The molecule has 0 aliphatic carbocycles. The highest BCUT2D eigenvalue weighted by Gasteiger charge is 2.17. The molecule has 3 heteroatoms. The van der Waals surface area contributed by atoms with Crippen molar-refractivity contribution in [3.63, 3.8) is 0 Å². The first kappa shape index (κ1) is 7.80. The maximum atomic E-state index is 4.17. The third kappa shape index (κ3) is 1.25. The maximum Gasteiger partial charge on any atom is 0.0951 e. The van der Waals surface area contributed by atoms with Crippen LogP contribution in [-0.4, -0.2) is 23.1 Å². The number of hydrogen-bond donors (Lipinski definition) is 1. The summed E-state index contributed by atoms with van der Waals surface area (Å²) in [7, 11) is 2.01. The Morgan fingerprint density at radius 2 is 2.67 bits per heavy atom. The molecule has 0 bridgehead atoms. The number of aromatic nitrogens is 2. The lowest BCUT2D eigenvalue weighted by atomic mass is 10.0. The molecule has 0 aromatic carbocycles.